The Kier molecular flexibility index (Phi) is 5.24. The zero-order valence-electron chi connectivity index (χ0n) is 12.3. The molecule has 1 aliphatic rings. The number of hydrogen-bond donors (Lipinski definition) is 0. The van der Waals surface area contributed by atoms with E-state index in [2.05, 4.69) is 10.00 Å². The minimum Gasteiger partial charge on any atom is -0.486 e. The van der Waals surface area contributed by atoms with Gasteiger partial charge < -0.3 is 4.74 Å². The van der Waals surface area contributed by atoms with E-state index in [9.17, 15) is 0 Å². The molecule has 2 aromatic rings. The van der Waals surface area contributed by atoms with Crippen LogP contribution in [0.3, 0.4) is 0 Å². The summed E-state index contributed by atoms with van der Waals surface area (Å²) in [6.07, 6.45) is 5.91. The van der Waals surface area contributed by atoms with Crippen molar-refractivity contribution in [1.29, 1.82) is 0 Å². The predicted octanol–water partition coefficient (Wildman–Crippen LogP) is 4.21. The molecule has 118 valence electrons. The van der Waals surface area contributed by atoms with Gasteiger partial charge in [-0.2, -0.15) is 5.10 Å². The van der Waals surface area contributed by atoms with Crippen LogP contribution < -0.4 is 4.74 Å². The number of ether oxygens (including phenoxy) is 1. The maximum Gasteiger partial charge on any atom is 0.138 e. The van der Waals surface area contributed by atoms with E-state index in [-0.39, 0.29) is 0 Å². The molecule has 0 atom stereocenters. The van der Waals surface area contributed by atoms with Crippen LogP contribution in [0.25, 0.3) is 0 Å². The third-order valence-corrected chi connectivity index (χ3v) is 4.29. The summed E-state index contributed by atoms with van der Waals surface area (Å²) in [6.45, 7) is 3.56. The second kappa shape index (κ2) is 7.36. The van der Waals surface area contributed by atoms with E-state index in [1.54, 1.807) is 18.2 Å². The van der Waals surface area contributed by atoms with E-state index in [0.717, 1.165) is 25.5 Å². The van der Waals surface area contributed by atoms with Gasteiger partial charge >= 0.3 is 0 Å². The van der Waals surface area contributed by atoms with Gasteiger partial charge in [0.05, 0.1) is 17.4 Å². The van der Waals surface area contributed by atoms with Gasteiger partial charge in [-0.25, -0.2) is 0 Å². The molecule has 1 saturated heterocycles. The third-order valence-electron chi connectivity index (χ3n) is 3.76. The van der Waals surface area contributed by atoms with Gasteiger partial charge in [-0.05, 0) is 50.2 Å². The molecule has 0 spiro atoms. The highest BCUT2D eigenvalue weighted by Crippen LogP contribution is 2.28. The van der Waals surface area contributed by atoms with Gasteiger partial charge in [0.2, 0.25) is 0 Å². The highest BCUT2D eigenvalue weighted by Gasteiger charge is 2.11. The van der Waals surface area contributed by atoms with Gasteiger partial charge in [-0.1, -0.05) is 29.6 Å². The Labute approximate surface area is 140 Å². The maximum absolute atomic E-state index is 6.09. The van der Waals surface area contributed by atoms with Crippen molar-refractivity contribution in [3.63, 3.8) is 0 Å². The molecule has 1 aromatic heterocycles. The average molecular weight is 340 g/mol. The smallest absolute Gasteiger partial charge is 0.138 e. The summed E-state index contributed by atoms with van der Waals surface area (Å²) in [5.41, 5.74) is 0.892. The van der Waals surface area contributed by atoms with E-state index < -0.39 is 0 Å². The molecule has 0 N–H and O–H groups in total. The minimum absolute atomic E-state index is 0.397. The average Bonchev–Trinajstić information content (AvgIpc) is 2.95. The number of nitrogens with zero attached hydrogens (tertiary/aromatic N) is 3. The molecular weight excluding hydrogens is 321 g/mol. The van der Waals surface area contributed by atoms with Crippen LogP contribution in [0.4, 0.5) is 0 Å². The largest absolute Gasteiger partial charge is 0.486 e. The Hall–Kier alpha value is -1.23. The summed E-state index contributed by atoms with van der Waals surface area (Å²) in [7, 11) is 0. The molecule has 2 heterocycles. The van der Waals surface area contributed by atoms with Crippen molar-refractivity contribution in [2.75, 3.05) is 13.1 Å². The van der Waals surface area contributed by atoms with Crippen molar-refractivity contribution in [3.05, 3.63) is 46.2 Å². The van der Waals surface area contributed by atoms with E-state index in [0.29, 0.717) is 22.4 Å². The molecule has 3 rings (SSSR count). The standard InChI is InChI=1S/C16H19Cl2N3O/c17-13-4-5-16(15(18)10-13)22-11-14-6-9-21(19-14)12-20-7-2-1-3-8-20/h4-6,9-10H,1-3,7-8,11-12H2. The number of rotatable bonds is 5. The highest BCUT2D eigenvalue weighted by atomic mass is 35.5. The molecule has 1 aromatic carbocycles. The van der Waals surface area contributed by atoms with Crippen molar-refractivity contribution >= 4 is 23.2 Å². The molecule has 0 unspecified atom stereocenters. The molecule has 0 saturated carbocycles. The lowest BCUT2D eigenvalue weighted by Crippen LogP contribution is -2.31. The van der Waals surface area contributed by atoms with Crippen LogP contribution in [0.5, 0.6) is 5.75 Å². The molecule has 0 aliphatic carbocycles. The quantitative estimate of drug-likeness (QED) is 0.817. The zero-order chi connectivity index (χ0) is 15.4. The summed E-state index contributed by atoms with van der Waals surface area (Å²) < 4.78 is 7.67. The van der Waals surface area contributed by atoms with E-state index in [1.807, 2.05) is 16.9 Å². The molecule has 0 bridgehead atoms. The Morgan fingerprint density at radius 3 is 2.68 bits per heavy atom. The normalized spacial score (nSPS) is 15.9. The lowest BCUT2D eigenvalue weighted by Gasteiger charge is -2.26. The Morgan fingerprint density at radius 2 is 1.91 bits per heavy atom. The van der Waals surface area contributed by atoms with Crippen molar-refractivity contribution in [1.82, 2.24) is 14.7 Å². The molecule has 22 heavy (non-hydrogen) atoms. The molecular formula is C16H19Cl2N3O. The first-order valence-electron chi connectivity index (χ1n) is 7.53. The number of aromatic nitrogens is 2. The number of benzene rings is 1. The summed E-state index contributed by atoms with van der Waals surface area (Å²) in [4.78, 5) is 2.43. The molecule has 6 heteroatoms. The van der Waals surface area contributed by atoms with Gasteiger partial charge in [-0.3, -0.25) is 9.58 Å². The van der Waals surface area contributed by atoms with E-state index >= 15 is 0 Å². The van der Waals surface area contributed by atoms with Crippen LogP contribution in [-0.4, -0.2) is 27.8 Å². The Balaban J connectivity index is 1.55. The zero-order valence-corrected chi connectivity index (χ0v) is 13.9. The highest BCUT2D eigenvalue weighted by molar-refractivity contribution is 6.35. The Bertz CT molecular complexity index is 624. The van der Waals surface area contributed by atoms with Crippen molar-refractivity contribution in [2.45, 2.75) is 32.5 Å². The first kappa shape index (κ1) is 15.7. The number of halogens is 2. The fourth-order valence-corrected chi connectivity index (χ4v) is 3.07. The lowest BCUT2D eigenvalue weighted by atomic mass is 10.1. The van der Waals surface area contributed by atoms with E-state index in [1.165, 1.54) is 19.3 Å². The van der Waals surface area contributed by atoms with Crippen LogP contribution in [-0.2, 0) is 13.3 Å². The van der Waals surface area contributed by atoms with Crippen LogP contribution in [0, 0.1) is 0 Å². The van der Waals surface area contributed by atoms with Crippen molar-refractivity contribution < 1.29 is 4.74 Å². The summed E-state index contributed by atoms with van der Waals surface area (Å²) in [6, 6.07) is 7.19. The summed E-state index contributed by atoms with van der Waals surface area (Å²) in [5, 5.41) is 5.66. The second-order valence-electron chi connectivity index (χ2n) is 5.53. The second-order valence-corrected chi connectivity index (χ2v) is 6.37. The molecule has 1 aliphatic heterocycles. The first-order valence-corrected chi connectivity index (χ1v) is 8.29. The predicted molar refractivity (Wildman–Crippen MR) is 88.4 cm³/mol. The molecule has 1 fully saturated rings. The van der Waals surface area contributed by atoms with Crippen LogP contribution in [0.2, 0.25) is 10.0 Å². The van der Waals surface area contributed by atoms with Gasteiger partial charge in [-0.15, -0.1) is 0 Å². The fourth-order valence-electron chi connectivity index (χ4n) is 2.61. The molecule has 0 radical (unpaired) electrons. The maximum atomic E-state index is 6.09. The molecule has 0 amide bonds. The molecule has 4 nitrogen and oxygen atoms in total. The van der Waals surface area contributed by atoms with Gasteiger partial charge in [0.25, 0.3) is 0 Å². The number of likely N-dealkylation sites (tertiary alicyclic amines) is 1. The Morgan fingerprint density at radius 1 is 1.09 bits per heavy atom. The summed E-state index contributed by atoms with van der Waals surface area (Å²) >= 11 is 12.0. The van der Waals surface area contributed by atoms with Gasteiger partial charge in [0, 0.05) is 11.2 Å². The van der Waals surface area contributed by atoms with E-state index in [4.69, 9.17) is 27.9 Å². The van der Waals surface area contributed by atoms with Crippen molar-refractivity contribution in [3.8, 4) is 5.75 Å². The SMILES string of the molecule is Clc1ccc(OCc2ccn(CN3CCCCC3)n2)c(Cl)c1. The van der Waals surface area contributed by atoms with Gasteiger partial charge in [0.1, 0.15) is 12.4 Å². The minimum atomic E-state index is 0.397. The van der Waals surface area contributed by atoms with Crippen molar-refractivity contribution in [2.24, 2.45) is 0 Å². The fraction of sp³-hybridized carbons (Fsp3) is 0.438. The number of piperidine rings is 1. The van der Waals surface area contributed by atoms with Crippen LogP contribution in [0.1, 0.15) is 25.0 Å². The number of hydrogen-bond acceptors (Lipinski definition) is 3. The van der Waals surface area contributed by atoms with Crippen LogP contribution >= 0.6 is 23.2 Å². The van der Waals surface area contributed by atoms with Crippen LogP contribution in [0.15, 0.2) is 30.5 Å². The summed E-state index contributed by atoms with van der Waals surface area (Å²) in [5.74, 6) is 0.622. The topological polar surface area (TPSA) is 30.3 Å². The first-order chi connectivity index (χ1) is 10.7. The lowest BCUT2D eigenvalue weighted by molar-refractivity contribution is 0.172. The van der Waals surface area contributed by atoms with Gasteiger partial charge in [0.15, 0.2) is 0 Å². The monoisotopic (exact) mass is 339 g/mol. The third kappa shape index (κ3) is 4.15.